The number of carbonyl (C=O) groups excluding carboxylic acids is 4. The van der Waals surface area contributed by atoms with Crippen LogP contribution in [0.15, 0.2) is 0 Å². The zero-order valence-corrected chi connectivity index (χ0v) is 44.3. The summed E-state index contributed by atoms with van der Waals surface area (Å²) < 4.78 is 33.1. The first-order valence-electron chi connectivity index (χ1n) is 17.7. The fourth-order valence-electron chi connectivity index (χ4n) is 2.59. The molecule has 0 aliphatic carbocycles. The maximum atomic E-state index is 11.6. The number of likely N-dealkylation sites (N-methyl/N-ethyl adjacent to an activating group) is 3. The number of carboxylic acids is 2. The number of carboxylic acid groups (broad SMARTS) is 2. The van der Waals surface area contributed by atoms with Gasteiger partial charge in [0, 0.05) is 32.4 Å². The first-order chi connectivity index (χ1) is 23.9. The quantitative estimate of drug-likeness (QED) is 0.0429. The molecule has 23 heteroatoms. The minimum absolute atomic E-state index is 0. The van der Waals surface area contributed by atoms with Crippen LogP contribution in [0.3, 0.4) is 0 Å². The summed E-state index contributed by atoms with van der Waals surface area (Å²) in [7, 11) is 14.9. The van der Waals surface area contributed by atoms with Crippen LogP contribution in [0.1, 0.15) is 67.7 Å². The molecule has 0 rings (SSSR count). The second-order valence-corrected chi connectivity index (χ2v) is 16.6. The third kappa shape index (κ3) is 92.1. The van der Waals surface area contributed by atoms with Crippen molar-refractivity contribution in [2.24, 2.45) is 0 Å². The monoisotopic (exact) mass is 890 g/mol. The standard InChI is InChI=1S/C13H24N2O5.C8H18N2O2.C5H14N.C4H11NO.C2H6O3S.C2H4O2.ClH.2Na/c1-5-14-11(16)6-7-13(19)20-10(8-12(17)18)9-15(2,3)4;1-5-9(8(2)11)6-7-10(3,4)12;1-5-6(2,3)4;1-4-5(2,3)6;1-2-6(3,4)5;1-2(3)4;;;/h10H,5-9H2,1-4H3,(H-,14,16,17,18);5-7H2,1-4H3;5H2,1-4H3;4H2,1-3H3;2H2,1H3,(H,3,4,5);1H3,(H,3,4);1H;;/q;;+1;;;;;2*+1/p-1. The van der Waals surface area contributed by atoms with E-state index >= 15 is 0 Å². The predicted molar refractivity (Wildman–Crippen MR) is 209 cm³/mol. The van der Waals surface area contributed by atoms with Gasteiger partial charge in [0.25, 0.3) is 10.1 Å². The van der Waals surface area contributed by atoms with Crippen LogP contribution < -0.4 is 81.9 Å². The van der Waals surface area contributed by atoms with Crippen molar-refractivity contribution in [3.63, 3.8) is 0 Å². The third-order valence-corrected chi connectivity index (χ3v) is 6.92. The van der Waals surface area contributed by atoms with Crippen LogP contribution in [-0.4, -0.2) is 199 Å². The van der Waals surface area contributed by atoms with Crippen molar-refractivity contribution in [2.75, 3.05) is 122 Å². The summed E-state index contributed by atoms with van der Waals surface area (Å²) in [5.74, 6) is -3.03. The molecule has 57 heavy (non-hydrogen) atoms. The topological polar surface area (TPSA) is 254 Å². The molecule has 0 aromatic heterocycles. The van der Waals surface area contributed by atoms with Gasteiger partial charge in [-0.25, -0.2) is 0 Å². The predicted octanol–water partition coefficient (Wildman–Crippen LogP) is -8.62. The maximum absolute atomic E-state index is 11.6. The first kappa shape index (κ1) is 77.0. The van der Waals surface area contributed by atoms with Crippen molar-refractivity contribution in [3.05, 3.63) is 10.4 Å². The molecule has 0 aromatic rings. The Balaban J connectivity index is -0.0000000760. The molecule has 0 spiro atoms. The summed E-state index contributed by atoms with van der Waals surface area (Å²) in [5, 5.41) is 41.8. The summed E-state index contributed by atoms with van der Waals surface area (Å²) in [6.07, 6.45) is -0.910. The van der Waals surface area contributed by atoms with Crippen molar-refractivity contribution in [2.45, 2.75) is 73.8 Å². The van der Waals surface area contributed by atoms with Crippen LogP contribution in [0.4, 0.5) is 0 Å². The second kappa shape index (κ2) is 40.7. The van der Waals surface area contributed by atoms with Crippen molar-refractivity contribution >= 4 is 39.8 Å². The van der Waals surface area contributed by atoms with Gasteiger partial charge in [-0.15, -0.1) is 0 Å². The van der Waals surface area contributed by atoms with Gasteiger partial charge in [-0.2, -0.15) is 8.42 Å². The van der Waals surface area contributed by atoms with Crippen molar-refractivity contribution in [3.8, 4) is 0 Å². The number of hydrogen-bond acceptors (Lipinski definition) is 11. The molecule has 0 saturated heterocycles. The fourth-order valence-corrected chi connectivity index (χ4v) is 2.59. The molecule has 0 bridgehead atoms. The van der Waals surface area contributed by atoms with E-state index in [2.05, 4.69) is 33.4 Å². The van der Waals surface area contributed by atoms with Crippen LogP contribution >= 0.6 is 0 Å². The summed E-state index contributed by atoms with van der Waals surface area (Å²) in [4.78, 5) is 55.1. The zero-order valence-electron chi connectivity index (χ0n) is 38.8. The minimum Gasteiger partial charge on any atom is -1.00 e. The molecule has 334 valence electrons. The molecule has 0 radical (unpaired) electrons. The Morgan fingerprint density at radius 2 is 1.14 bits per heavy atom. The number of halogens is 1. The van der Waals surface area contributed by atoms with E-state index in [9.17, 15) is 38.0 Å². The number of ether oxygens (including phenoxy) is 1. The van der Waals surface area contributed by atoms with Gasteiger partial charge in [-0.1, -0.05) is 0 Å². The van der Waals surface area contributed by atoms with Crippen LogP contribution in [0.2, 0.25) is 0 Å². The summed E-state index contributed by atoms with van der Waals surface area (Å²) in [6, 6.07) is 0. The van der Waals surface area contributed by atoms with Crippen molar-refractivity contribution in [1.82, 2.24) is 10.2 Å². The largest absolute Gasteiger partial charge is 1.00 e. The molecule has 0 aliphatic rings. The second-order valence-electron chi connectivity index (χ2n) is 14.9. The van der Waals surface area contributed by atoms with Crippen LogP contribution in [-0.2, 0) is 38.8 Å². The third-order valence-electron chi connectivity index (χ3n) is 6.19. The van der Waals surface area contributed by atoms with Gasteiger partial charge < -0.3 is 71.0 Å². The normalized spacial score (nSPS) is 11.0. The van der Waals surface area contributed by atoms with Gasteiger partial charge in [-0.3, -0.25) is 23.7 Å². The van der Waals surface area contributed by atoms with Crippen LogP contribution in [0.5, 0.6) is 0 Å². The maximum Gasteiger partial charge on any atom is 1.00 e. The molecule has 0 aromatic carbocycles. The van der Waals surface area contributed by atoms with Gasteiger partial charge in [0.2, 0.25) is 11.8 Å². The molecule has 0 heterocycles. The molecule has 1 atom stereocenters. The summed E-state index contributed by atoms with van der Waals surface area (Å²) in [5.41, 5.74) is 0. The van der Waals surface area contributed by atoms with Crippen LogP contribution in [0.25, 0.3) is 0 Å². The molecular weight excluding hydrogens is 814 g/mol. The van der Waals surface area contributed by atoms with Gasteiger partial charge in [0.05, 0.1) is 115 Å². The SMILES string of the molecule is CC(=O)[O-].CCN(CC[N+](C)(C)[O-])C(C)=O.CCNC(=O)CCC(=O)OC(CC(=O)O)C[N+](C)(C)C.CCS(=O)(=O)O.CC[N+](C)(C)C.CC[N+](C)(C)[O-].[Cl-].[Na+].[Na+]. The van der Waals surface area contributed by atoms with Gasteiger partial charge in [0.15, 0.2) is 6.10 Å². The average molecular weight is 892 g/mol. The molecule has 2 amide bonds. The van der Waals surface area contributed by atoms with E-state index in [-0.39, 0.29) is 118 Å². The number of carbonyl (C=O) groups is 5. The number of aliphatic carboxylic acids is 2. The van der Waals surface area contributed by atoms with Gasteiger partial charge in [0.1, 0.15) is 6.54 Å². The summed E-state index contributed by atoms with van der Waals surface area (Å²) in [6.45, 7) is 16.1. The fraction of sp³-hybridized carbons (Fsp3) is 0.853. The van der Waals surface area contributed by atoms with Gasteiger partial charge >= 0.3 is 71.1 Å². The Morgan fingerprint density at radius 3 is 1.35 bits per heavy atom. The van der Waals surface area contributed by atoms with E-state index in [1.165, 1.54) is 20.4 Å². The molecule has 0 fully saturated rings. The molecule has 0 aliphatic heterocycles. The number of hydroxylamine groups is 6. The smallest absolute Gasteiger partial charge is 1.00 e. The van der Waals surface area contributed by atoms with Gasteiger partial charge in [-0.05, 0) is 41.5 Å². The molecule has 3 N–H and O–H groups in total. The molecule has 19 nitrogen and oxygen atoms in total. The molecule has 0 saturated carbocycles. The Bertz CT molecular complexity index is 1130. The zero-order chi connectivity index (χ0) is 44.7. The van der Waals surface area contributed by atoms with Crippen molar-refractivity contribution < 1.29 is 142 Å². The van der Waals surface area contributed by atoms with E-state index in [0.29, 0.717) is 43.8 Å². The van der Waals surface area contributed by atoms with E-state index < -0.39 is 34.1 Å². The minimum atomic E-state index is -3.66. The van der Waals surface area contributed by atoms with E-state index in [0.717, 1.165) is 11.4 Å². The summed E-state index contributed by atoms with van der Waals surface area (Å²) >= 11 is 0. The Labute approximate surface area is 395 Å². The number of quaternary nitrogens is 4. The Kier molecular flexibility index (Phi) is 55.0. The number of nitrogens with zero attached hydrogens (tertiary/aromatic N) is 5. The average Bonchev–Trinajstić information content (AvgIpc) is 2.94. The number of amides is 2. The number of nitrogens with one attached hydrogen (secondary N) is 1. The first-order valence-corrected chi connectivity index (χ1v) is 19.3. The van der Waals surface area contributed by atoms with Crippen LogP contribution in [0, 0.1) is 10.4 Å². The Morgan fingerprint density at radius 1 is 0.772 bits per heavy atom. The molecular formula is C34H77ClN6Na2O13S+2. The number of hydrogen-bond donors (Lipinski definition) is 3. The van der Waals surface area contributed by atoms with E-state index in [1.807, 2.05) is 35.0 Å². The number of rotatable bonds is 16. The Hall–Kier alpha value is -0.690. The molecule has 1 unspecified atom stereocenters. The number of esters is 1. The van der Waals surface area contributed by atoms with Crippen molar-refractivity contribution in [1.29, 1.82) is 0 Å². The van der Waals surface area contributed by atoms with E-state index in [1.54, 1.807) is 40.0 Å². The van der Waals surface area contributed by atoms with E-state index in [4.69, 9.17) is 24.3 Å².